The third-order valence-corrected chi connectivity index (χ3v) is 4.10. The number of amides is 1. The predicted molar refractivity (Wildman–Crippen MR) is 86.2 cm³/mol. The minimum atomic E-state index is -0.579. The molecule has 2 aromatic rings. The summed E-state index contributed by atoms with van der Waals surface area (Å²) >= 11 is 6.36. The molecule has 0 spiro atoms. The summed E-state index contributed by atoms with van der Waals surface area (Å²) in [5.41, 5.74) is 8.06. The number of nitrogens with two attached hydrogens (primary N) is 1. The topological polar surface area (TPSA) is 107 Å². The van der Waals surface area contributed by atoms with E-state index in [0.29, 0.717) is 22.9 Å². The Hall–Kier alpha value is -1.83. The maximum atomic E-state index is 11.5. The number of anilines is 2. The van der Waals surface area contributed by atoms with E-state index in [1.54, 1.807) is 12.4 Å². The van der Waals surface area contributed by atoms with Gasteiger partial charge in [0, 0.05) is 25.3 Å². The third kappa shape index (κ3) is 2.75. The quantitative estimate of drug-likeness (QED) is 0.676. The number of carbonyl (C=O) groups excluding carboxylic acids is 1. The van der Waals surface area contributed by atoms with Crippen molar-refractivity contribution in [2.75, 3.05) is 29.9 Å². The summed E-state index contributed by atoms with van der Waals surface area (Å²) in [6.07, 6.45) is 5.22. The number of nitrogens with zero attached hydrogens (tertiary/aromatic N) is 2. The molecule has 1 atom stereocenters. The van der Waals surface area contributed by atoms with Crippen molar-refractivity contribution in [1.82, 2.24) is 9.97 Å². The number of rotatable bonds is 3. The molecule has 1 unspecified atom stereocenters. The van der Waals surface area contributed by atoms with E-state index in [4.69, 9.17) is 22.4 Å². The van der Waals surface area contributed by atoms with Gasteiger partial charge in [0.25, 0.3) is 0 Å². The summed E-state index contributed by atoms with van der Waals surface area (Å²) < 4.78 is 0. The van der Waals surface area contributed by atoms with Gasteiger partial charge in [0.2, 0.25) is 5.91 Å². The molecule has 2 aromatic heterocycles. The van der Waals surface area contributed by atoms with E-state index in [2.05, 4.69) is 20.2 Å². The lowest BCUT2D eigenvalue weighted by atomic mass is 10.1. The summed E-state index contributed by atoms with van der Waals surface area (Å²) in [5, 5.41) is 12.8. The highest BCUT2D eigenvalue weighted by atomic mass is 35.5. The molecule has 22 heavy (non-hydrogen) atoms. The lowest BCUT2D eigenvalue weighted by Crippen LogP contribution is -2.43. The van der Waals surface area contributed by atoms with Gasteiger partial charge in [-0.2, -0.15) is 0 Å². The highest BCUT2D eigenvalue weighted by molar-refractivity contribution is 6.35. The van der Waals surface area contributed by atoms with E-state index in [0.717, 1.165) is 30.5 Å². The lowest BCUT2D eigenvalue weighted by molar-refractivity contribution is -0.118. The van der Waals surface area contributed by atoms with Crippen LogP contribution in [0.4, 0.5) is 11.4 Å². The number of fused-ring (bicyclic) bond motifs is 1. The average Bonchev–Trinajstić information content (AvgIpc) is 2.90. The summed E-state index contributed by atoms with van der Waals surface area (Å²) in [6, 6.07) is 0.0995. The average molecular weight is 324 g/mol. The normalized spacial score (nSPS) is 18.7. The zero-order valence-electron chi connectivity index (χ0n) is 12.0. The van der Waals surface area contributed by atoms with Crippen LogP contribution in [0.3, 0.4) is 0 Å². The lowest BCUT2D eigenvalue weighted by Gasteiger charge is -2.33. The molecule has 0 aliphatic carbocycles. The number of aliphatic hydroxyl groups excluding tert-OH is 1. The van der Waals surface area contributed by atoms with Gasteiger partial charge in [0.05, 0.1) is 28.0 Å². The van der Waals surface area contributed by atoms with Crippen molar-refractivity contribution in [3.8, 4) is 0 Å². The molecule has 0 saturated carbocycles. The summed E-state index contributed by atoms with van der Waals surface area (Å²) in [6.45, 7) is 0.979. The molecule has 1 aliphatic rings. The minimum absolute atomic E-state index is 0.0995. The van der Waals surface area contributed by atoms with Gasteiger partial charge in [-0.1, -0.05) is 11.6 Å². The van der Waals surface area contributed by atoms with Crippen LogP contribution in [0, 0.1) is 0 Å². The number of aromatic amines is 1. The molecular formula is C14H18ClN5O2. The van der Waals surface area contributed by atoms with Crippen LogP contribution in [0.1, 0.15) is 12.8 Å². The monoisotopic (exact) mass is 323 g/mol. The molecule has 3 heterocycles. The molecule has 8 heteroatoms. The first-order valence-corrected chi connectivity index (χ1v) is 7.54. The number of nitrogens with one attached hydrogen (secondary N) is 2. The summed E-state index contributed by atoms with van der Waals surface area (Å²) in [5.74, 6) is -0.484. The Kier molecular flexibility index (Phi) is 4.19. The Balaban J connectivity index is 2.08. The molecule has 118 valence electrons. The third-order valence-electron chi connectivity index (χ3n) is 3.82. The molecule has 1 fully saturated rings. The van der Waals surface area contributed by atoms with E-state index in [-0.39, 0.29) is 6.04 Å². The Bertz CT molecular complexity index is 702. The predicted octanol–water partition coefficient (Wildman–Crippen LogP) is 1.07. The van der Waals surface area contributed by atoms with Crippen molar-refractivity contribution >= 4 is 39.9 Å². The number of hydrogen-bond donors (Lipinski definition) is 4. The number of carbonyl (C=O) groups is 1. The first-order chi connectivity index (χ1) is 10.6. The fraction of sp³-hybridized carbons (Fsp3) is 0.429. The summed E-state index contributed by atoms with van der Waals surface area (Å²) in [7, 11) is 0. The van der Waals surface area contributed by atoms with Crippen LogP contribution < -0.4 is 16.0 Å². The number of aromatic nitrogens is 2. The van der Waals surface area contributed by atoms with Gasteiger partial charge in [0.15, 0.2) is 0 Å². The Morgan fingerprint density at radius 1 is 1.64 bits per heavy atom. The van der Waals surface area contributed by atoms with Gasteiger partial charge < -0.3 is 26.0 Å². The molecule has 7 nitrogen and oxygen atoms in total. The molecule has 0 radical (unpaired) electrons. The number of pyridine rings is 1. The molecule has 1 amide bonds. The number of H-pyrrole nitrogens is 1. The number of piperidine rings is 1. The van der Waals surface area contributed by atoms with Crippen molar-refractivity contribution in [3.63, 3.8) is 0 Å². The van der Waals surface area contributed by atoms with Crippen LogP contribution in [0.15, 0.2) is 12.4 Å². The first-order valence-electron chi connectivity index (χ1n) is 7.17. The van der Waals surface area contributed by atoms with Crippen LogP contribution in [0.25, 0.3) is 11.0 Å². The van der Waals surface area contributed by atoms with Gasteiger partial charge in [-0.15, -0.1) is 0 Å². The molecule has 1 saturated heterocycles. The molecule has 0 aromatic carbocycles. The van der Waals surface area contributed by atoms with Gasteiger partial charge in [-0.25, -0.2) is 4.98 Å². The smallest absolute Gasteiger partial charge is 0.250 e. The van der Waals surface area contributed by atoms with Crippen molar-refractivity contribution in [2.45, 2.75) is 18.9 Å². The molecule has 1 aliphatic heterocycles. The second kappa shape index (κ2) is 6.12. The van der Waals surface area contributed by atoms with Crippen LogP contribution in [-0.4, -0.2) is 46.7 Å². The Labute approximate surface area is 132 Å². The van der Waals surface area contributed by atoms with E-state index in [9.17, 15) is 4.79 Å². The van der Waals surface area contributed by atoms with Crippen molar-refractivity contribution in [3.05, 3.63) is 17.4 Å². The second-order valence-corrected chi connectivity index (χ2v) is 5.84. The number of aliphatic hydroxyl groups is 1. The highest BCUT2D eigenvalue weighted by Gasteiger charge is 2.23. The molecule has 3 rings (SSSR count). The molecular weight excluding hydrogens is 306 g/mol. The van der Waals surface area contributed by atoms with E-state index >= 15 is 0 Å². The number of hydrogen-bond acceptors (Lipinski definition) is 5. The maximum absolute atomic E-state index is 11.5. The fourth-order valence-corrected chi connectivity index (χ4v) is 3.13. The fourth-order valence-electron chi connectivity index (χ4n) is 2.87. The van der Waals surface area contributed by atoms with Gasteiger partial charge in [-0.3, -0.25) is 4.79 Å². The van der Waals surface area contributed by atoms with Gasteiger partial charge in [0.1, 0.15) is 12.3 Å². The van der Waals surface area contributed by atoms with Crippen molar-refractivity contribution in [2.24, 2.45) is 5.73 Å². The standard InChI is InChI=1S/C14H18ClN5O2/c15-9-4-17-14-12(10(5-18-14)19-11(22)7-21)13(9)20-3-1-2-8(16)6-20/h4-5,8,21H,1-3,6-7,16H2,(H,17,18)(H,19,22). The van der Waals surface area contributed by atoms with E-state index in [1.165, 1.54) is 0 Å². The Morgan fingerprint density at radius 2 is 2.45 bits per heavy atom. The SMILES string of the molecule is NC1CCCN(c2c(Cl)cnc3[nH]cc(NC(=O)CO)c23)C1. The second-order valence-electron chi connectivity index (χ2n) is 5.44. The highest BCUT2D eigenvalue weighted by Crippen LogP contribution is 2.38. The maximum Gasteiger partial charge on any atom is 0.250 e. The van der Waals surface area contributed by atoms with Crippen LogP contribution in [-0.2, 0) is 4.79 Å². The zero-order chi connectivity index (χ0) is 15.7. The van der Waals surface area contributed by atoms with E-state index < -0.39 is 12.5 Å². The molecule has 5 N–H and O–H groups in total. The van der Waals surface area contributed by atoms with E-state index in [1.807, 2.05) is 0 Å². The van der Waals surface area contributed by atoms with Crippen LogP contribution >= 0.6 is 11.6 Å². The summed E-state index contributed by atoms with van der Waals surface area (Å²) in [4.78, 5) is 20.9. The molecule has 0 bridgehead atoms. The van der Waals surface area contributed by atoms with Crippen LogP contribution in [0.5, 0.6) is 0 Å². The van der Waals surface area contributed by atoms with Gasteiger partial charge >= 0.3 is 0 Å². The number of halogens is 1. The zero-order valence-corrected chi connectivity index (χ0v) is 12.7. The van der Waals surface area contributed by atoms with Gasteiger partial charge in [-0.05, 0) is 12.8 Å². The van der Waals surface area contributed by atoms with Crippen molar-refractivity contribution in [1.29, 1.82) is 0 Å². The minimum Gasteiger partial charge on any atom is -0.387 e. The van der Waals surface area contributed by atoms with Crippen molar-refractivity contribution < 1.29 is 9.90 Å². The Morgan fingerprint density at radius 3 is 3.18 bits per heavy atom. The first kappa shape index (κ1) is 15.1. The van der Waals surface area contributed by atoms with Crippen LogP contribution in [0.2, 0.25) is 5.02 Å². The largest absolute Gasteiger partial charge is 0.387 e.